The van der Waals surface area contributed by atoms with E-state index in [0.29, 0.717) is 11.3 Å². The van der Waals surface area contributed by atoms with Crippen molar-refractivity contribution in [1.29, 1.82) is 0 Å². The Morgan fingerprint density at radius 1 is 1.64 bits per heavy atom. The summed E-state index contributed by atoms with van der Waals surface area (Å²) in [7, 11) is 1.25. The fourth-order valence-corrected chi connectivity index (χ4v) is 1.01. The maximum Gasteiger partial charge on any atom is 0.411 e. The lowest BCUT2D eigenvalue weighted by atomic mass is 10.2. The van der Waals surface area contributed by atoms with E-state index in [1.807, 2.05) is 0 Å². The summed E-state index contributed by atoms with van der Waals surface area (Å²) in [6.07, 6.45) is -0.605. The Kier molecular flexibility index (Phi) is 3.41. The van der Waals surface area contributed by atoms with Gasteiger partial charge in [0.1, 0.15) is 5.82 Å². The second-order valence-corrected chi connectivity index (χ2v) is 2.62. The molecule has 0 saturated heterocycles. The Balaban J connectivity index is 2.90. The van der Waals surface area contributed by atoms with Crippen molar-refractivity contribution in [2.45, 2.75) is 6.54 Å². The van der Waals surface area contributed by atoms with Crippen LogP contribution in [0.4, 0.5) is 14.9 Å². The third-order valence-electron chi connectivity index (χ3n) is 1.71. The fraction of sp³-hybridized carbons (Fsp3) is 0.222. The number of benzene rings is 1. The Labute approximate surface area is 80.9 Å². The van der Waals surface area contributed by atoms with Gasteiger partial charge in [0.25, 0.3) is 0 Å². The van der Waals surface area contributed by atoms with Crippen LogP contribution < -0.4 is 11.1 Å². The van der Waals surface area contributed by atoms with Gasteiger partial charge in [0, 0.05) is 12.2 Å². The molecule has 0 atom stereocenters. The number of amides is 1. The lowest BCUT2D eigenvalue weighted by Crippen LogP contribution is -2.13. The molecule has 0 radical (unpaired) electrons. The van der Waals surface area contributed by atoms with E-state index in [1.165, 1.54) is 25.3 Å². The molecule has 76 valence electrons. The van der Waals surface area contributed by atoms with E-state index in [9.17, 15) is 9.18 Å². The van der Waals surface area contributed by atoms with Crippen LogP contribution in [-0.4, -0.2) is 13.2 Å². The van der Waals surface area contributed by atoms with Crippen LogP contribution >= 0.6 is 0 Å². The molecule has 0 aliphatic heterocycles. The number of carbonyl (C=O) groups excluding carboxylic acids is 1. The van der Waals surface area contributed by atoms with E-state index in [1.54, 1.807) is 0 Å². The smallest absolute Gasteiger partial charge is 0.411 e. The molecule has 1 aromatic carbocycles. The Hall–Kier alpha value is -1.62. The van der Waals surface area contributed by atoms with E-state index >= 15 is 0 Å². The molecule has 4 nitrogen and oxygen atoms in total. The zero-order valence-electron chi connectivity index (χ0n) is 7.71. The number of rotatable bonds is 2. The molecule has 1 aromatic rings. The lowest BCUT2D eigenvalue weighted by Gasteiger charge is -2.08. The lowest BCUT2D eigenvalue weighted by molar-refractivity contribution is 0.187. The first-order chi connectivity index (χ1) is 6.67. The number of ether oxygens (including phenoxy) is 1. The molecule has 0 unspecified atom stereocenters. The van der Waals surface area contributed by atoms with E-state index in [-0.39, 0.29) is 12.4 Å². The van der Waals surface area contributed by atoms with Gasteiger partial charge in [-0.3, -0.25) is 5.32 Å². The van der Waals surface area contributed by atoms with Gasteiger partial charge in [-0.2, -0.15) is 0 Å². The van der Waals surface area contributed by atoms with Crippen LogP contribution in [0.5, 0.6) is 0 Å². The molecule has 0 heterocycles. The molecule has 0 aliphatic rings. The van der Waals surface area contributed by atoms with Crippen molar-refractivity contribution in [3.8, 4) is 0 Å². The number of nitrogens with two attached hydrogens (primary N) is 1. The quantitative estimate of drug-likeness (QED) is 0.756. The number of hydrogen-bond acceptors (Lipinski definition) is 3. The van der Waals surface area contributed by atoms with E-state index in [2.05, 4.69) is 10.1 Å². The predicted molar refractivity (Wildman–Crippen MR) is 50.3 cm³/mol. The number of methoxy groups -OCH3 is 1. The van der Waals surface area contributed by atoms with Crippen LogP contribution in [0.15, 0.2) is 18.2 Å². The number of carbonyl (C=O) groups is 1. The molecular weight excluding hydrogens is 187 g/mol. The summed E-state index contributed by atoms with van der Waals surface area (Å²) in [6.45, 7) is 0.150. The van der Waals surface area contributed by atoms with Crippen molar-refractivity contribution in [2.24, 2.45) is 5.73 Å². The summed E-state index contributed by atoms with van der Waals surface area (Å²) in [6, 6.07) is 3.95. The van der Waals surface area contributed by atoms with Gasteiger partial charge in [0.2, 0.25) is 0 Å². The summed E-state index contributed by atoms with van der Waals surface area (Å²) in [5, 5.41) is 2.43. The van der Waals surface area contributed by atoms with Crippen molar-refractivity contribution in [3.05, 3.63) is 29.6 Å². The van der Waals surface area contributed by atoms with Crippen LogP contribution in [0, 0.1) is 5.82 Å². The second-order valence-electron chi connectivity index (χ2n) is 2.62. The van der Waals surface area contributed by atoms with Crippen molar-refractivity contribution >= 4 is 11.8 Å². The first kappa shape index (κ1) is 10.5. The van der Waals surface area contributed by atoms with E-state index < -0.39 is 6.09 Å². The van der Waals surface area contributed by atoms with Gasteiger partial charge in [0.05, 0.1) is 7.11 Å². The number of halogens is 1. The monoisotopic (exact) mass is 198 g/mol. The predicted octanol–water partition coefficient (Wildman–Crippen LogP) is 1.46. The Morgan fingerprint density at radius 2 is 2.36 bits per heavy atom. The van der Waals surface area contributed by atoms with Crippen LogP contribution in [0.1, 0.15) is 5.56 Å². The molecule has 0 spiro atoms. The average Bonchev–Trinajstić information content (AvgIpc) is 2.20. The topological polar surface area (TPSA) is 64.3 Å². The summed E-state index contributed by atoms with van der Waals surface area (Å²) < 4.78 is 17.2. The SMILES string of the molecule is COC(=O)Nc1ccc(F)cc1CN. The highest BCUT2D eigenvalue weighted by atomic mass is 19.1. The van der Waals surface area contributed by atoms with Crippen LogP contribution in [0.2, 0.25) is 0 Å². The summed E-state index contributed by atoms with van der Waals surface area (Å²) >= 11 is 0. The van der Waals surface area contributed by atoms with Crippen LogP contribution in [0.25, 0.3) is 0 Å². The summed E-state index contributed by atoms with van der Waals surface area (Å²) in [4.78, 5) is 10.9. The van der Waals surface area contributed by atoms with Gasteiger partial charge in [-0.25, -0.2) is 9.18 Å². The third-order valence-corrected chi connectivity index (χ3v) is 1.71. The van der Waals surface area contributed by atoms with Gasteiger partial charge in [-0.1, -0.05) is 0 Å². The maximum atomic E-state index is 12.8. The van der Waals surface area contributed by atoms with Crippen molar-refractivity contribution < 1.29 is 13.9 Å². The van der Waals surface area contributed by atoms with E-state index in [4.69, 9.17) is 5.73 Å². The summed E-state index contributed by atoms with van der Waals surface area (Å²) in [5.41, 5.74) is 6.36. The Morgan fingerprint density at radius 3 is 2.93 bits per heavy atom. The molecule has 0 aliphatic carbocycles. The van der Waals surface area contributed by atoms with Crippen LogP contribution in [-0.2, 0) is 11.3 Å². The first-order valence-corrected chi connectivity index (χ1v) is 4.01. The highest BCUT2D eigenvalue weighted by Crippen LogP contribution is 2.16. The standard InChI is InChI=1S/C9H11FN2O2/c1-14-9(13)12-8-3-2-7(10)4-6(8)5-11/h2-4H,5,11H2,1H3,(H,12,13). The number of hydrogen-bond donors (Lipinski definition) is 2. The number of anilines is 1. The average molecular weight is 198 g/mol. The third kappa shape index (κ3) is 2.43. The molecule has 14 heavy (non-hydrogen) atoms. The van der Waals surface area contributed by atoms with Gasteiger partial charge in [-0.15, -0.1) is 0 Å². The minimum Gasteiger partial charge on any atom is -0.453 e. The van der Waals surface area contributed by atoms with Crippen LogP contribution in [0.3, 0.4) is 0 Å². The molecular formula is C9H11FN2O2. The van der Waals surface area contributed by atoms with Crippen molar-refractivity contribution in [1.82, 2.24) is 0 Å². The molecule has 0 saturated carbocycles. The molecule has 3 N–H and O–H groups in total. The number of nitrogens with one attached hydrogen (secondary N) is 1. The minimum absolute atomic E-state index is 0.150. The maximum absolute atomic E-state index is 12.8. The molecule has 0 fully saturated rings. The van der Waals surface area contributed by atoms with Gasteiger partial charge in [-0.05, 0) is 23.8 Å². The largest absolute Gasteiger partial charge is 0.453 e. The van der Waals surface area contributed by atoms with Gasteiger partial charge >= 0.3 is 6.09 Å². The minimum atomic E-state index is -0.605. The second kappa shape index (κ2) is 4.57. The zero-order chi connectivity index (χ0) is 10.6. The van der Waals surface area contributed by atoms with Crippen molar-refractivity contribution in [3.63, 3.8) is 0 Å². The molecule has 5 heteroatoms. The van der Waals surface area contributed by atoms with Gasteiger partial charge < -0.3 is 10.5 Å². The molecule has 1 rings (SSSR count). The normalized spacial score (nSPS) is 9.64. The zero-order valence-corrected chi connectivity index (χ0v) is 7.71. The highest BCUT2D eigenvalue weighted by Gasteiger charge is 2.06. The van der Waals surface area contributed by atoms with Gasteiger partial charge in [0.15, 0.2) is 0 Å². The summed E-state index contributed by atoms with van der Waals surface area (Å²) in [5.74, 6) is -0.388. The van der Waals surface area contributed by atoms with E-state index in [0.717, 1.165) is 0 Å². The van der Waals surface area contributed by atoms with Crippen molar-refractivity contribution in [2.75, 3.05) is 12.4 Å². The highest BCUT2D eigenvalue weighted by molar-refractivity contribution is 5.85. The molecule has 1 amide bonds. The molecule has 0 bridgehead atoms. The first-order valence-electron chi connectivity index (χ1n) is 4.01. The molecule has 0 aromatic heterocycles. The Bertz CT molecular complexity index is 342. The fourth-order valence-electron chi connectivity index (χ4n) is 1.01.